The van der Waals surface area contributed by atoms with Crippen molar-refractivity contribution in [3.8, 4) is 5.82 Å². The fraction of sp³-hybridized carbons (Fsp3) is 0.250. The van der Waals surface area contributed by atoms with Crippen molar-refractivity contribution in [3.05, 3.63) is 66.9 Å². The van der Waals surface area contributed by atoms with Crippen molar-refractivity contribution in [2.75, 3.05) is 11.9 Å². The van der Waals surface area contributed by atoms with E-state index in [1.54, 1.807) is 29.6 Å². The molecule has 1 aliphatic heterocycles. The van der Waals surface area contributed by atoms with E-state index >= 15 is 0 Å². The van der Waals surface area contributed by atoms with Gasteiger partial charge in [0.15, 0.2) is 5.82 Å². The van der Waals surface area contributed by atoms with Crippen LogP contribution in [0.1, 0.15) is 18.4 Å². The van der Waals surface area contributed by atoms with Gasteiger partial charge in [0.2, 0.25) is 11.8 Å². The van der Waals surface area contributed by atoms with Crippen molar-refractivity contribution in [1.29, 1.82) is 0 Å². The number of pyridine rings is 1. The van der Waals surface area contributed by atoms with Gasteiger partial charge < -0.3 is 10.2 Å². The number of hydrogen-bond donors (Lipinski definition) is 1. The van der Waals surface area contributed by atoms with E-state index in [1.807, 2.05) is 30.3 Å². The van der Waals surface area contributed by atoms with Crippen LogP contribution in [-0.2, 0) is 16.0 Å². The first-order valence-corrected chi connectivity index (χ1v) is 9.16. The standard InChI is InChI=1S/C20H20N6O2/c27-19(11-15-5-2-1-3-6-15)25-10-4-7-17(25)20(28)24-16-8-9-18(22-12-16)26-14-21-13-23-26/h1-3,5-6,8-9,12-14,17H,4,7,10-11H2,(H,24,28). The number of likely N-dealkylation sites (tertiary alicyclic amines) is 1. The Morgan fingerprint density at radius 2 is 2.00 bits per heavy atom. The molecule has 3 heterocycles. The number of amides is 2. The number of benzene rings is 1. The summed E-state index contributed by atoms with van der Waals surface area (Å²) >= 11 is 0. The van der Waals surface area contributed by atoms with Gasteiger partial charge in [-0.2, -0.15) is 5.10 Å². The normalized spacial score (nSPS) is 16.1. The third-order valence-electron chi connectivity index (χ3n) is 4.74. The molecule has 1 unspecified atom stereocenters. The first kappa shape index (κ1) is 17.8. The van der Waals surface area contributed by atoms with Gasteiger partial charge in [-0.25, -0.2) is 14.6 Å². The Morgan fingerprint density at radius 1 is 1.14 bits per heavy atom. The molecular weight excluding hydrogens is 356 g/mol. The van der Waals surface area contributed by atoms with Gasteiger partial charge in [0.05, 0.1) is 18.3 Å². The van der Waals surface area contributed by atoms with Crippen LogP contribution >= 0.6 is 0 Å². The van der Waals surface area contributed by atoms with Gasteiger partial charge in [-0.3, -0.25) is 9.59 Å². The van der Waals surface area contributed by atoms with Crippen LogP contribution in [-0.4, -0.2) is 49.0 Å². The summed E-state index contributed by atoms with van der Waals surface area (Å²) in [6, 6.07) is 12.6. The van der Waals surface area contributed by atoms with Crippen molar-refractivity contribution in [2.45, 2.75) is 25.3 Å². The first-order valence-electron chi connectivity index (χ1n) is 9.16. The third-order valence-corrected chi connectivity index (χ3v) is 4.74. The van der Waals surface area contributed by atoms with Crippen LogP contribution in [0.25, 0.3) is 5.82 Å². The van der Waals surface area contributed by atoms with Crippen molar-refractivity contribution in [2.24, 2.45) is 0 Å². The van der Waals surface area contributed by atoms with Gasteiger partial charge in [-0.1, -0.05) is 30.3 Å². The third kappa shape index (κ3) is 3.90. The molecule has 0 saturated carbocycles. The number of hydrogen-bond acceptors (Lipinski definition) is 5. The minimum absolute atomic E-state index is 0.0245. The molecule has 2 aromatic heterocycles. The van der Waals surface area contributed by atoms with Crippen molar-refractivity contribution < 1.29 is 9.59 Å². The topological polar surface area (TPSA) is 93.0 Å². The molecule has 0 radical (unpaired) electrons. The number of nitrogens with zero attached hydrogens (tertiary/aromatic N) is 5. The SMILES string of the molecule is O=C(Nc1ccc(-n2cncn2)nc1)C1CCCN1C(=O)Cc1ccccc1. The predicted molar refractivity (Wildman–Crippen MR) is 103 cm³/mol. The van der Waals surface area contributed by atoms with E-state index in [9.17, 15) is 9.59 Å². The average Bonchev–Trinajstić information content (AvgIpc) is 3.41. The molecule has 1 N–H and O–H groups in total. The Balaban J connectivity index is 1.40. The summed E-state index contributed by atoms with van der Waals surface area (Å²) < 4.78 is 1.53. The Bertz CT molecular complexity index is 941. The Morgan fingerprint density at radius 3 is 2.71 bits per heavy atom. The lowest BCUT2D eigenvalue weighted by molar-refractivity contribution is -0.136. The monoisotopic (exact) mass is 376 g/mol. The van der Waals surface area contributed by atoms with Crippen molar-refractivity contribution >= 4 is 17.5 Å². The summed E-state index contributed by atoms with van der Waals surface area (Å²) in [6.07, 6.45) is 6.34. The van der Waals surface area contributed by atoms with E-state index in [1.165, 1.54) is 11.0 Å². The molecule has 1 fully saturated rings. The van der Waals surface area contributed by atoms with Gasteiger partial charge in [-0.15, -0.1) is 0 Å². The predicted octanol–water partition coefficient (Wildman–Crippen LogP) is 1.83. The molecule has 0 aliphatic carbocycles. The lowest BCUT2D eigenvalue weighted by Gasteiger charge is -2.24. The minimum atomic E-state index is -0.453. The molecule has 8 nitrogen and oxygen atoms in total. The summed E-state index contributed by atoms with van der Waals surface area (Å²) in [7, 11) is 0. The molecule has 0 bridgehead atoms. The molecule has 0 spiro atoms. The van der Waals surface area contributed by atoms with Gasteiger partial charge >= 0.3 is 0 Å². The summed E-state index contributed by atoms with van der Waals surface area (Å²) in [5, 5.41) is 6.88. The molecule has 142 valence electrons. The Kier molecular flexibility index (Phi) is 5.09. The van der Waals surface area contributed by atoms with Gasteiger partial charge in [-0.05, 0) is 30.5 Å². The fourth-order valence-electron chi connectivity index (χ4n) is 3.36. The molecule has 2 amide bonds. The summed E-state index contributed by atoms with van der Waals surface area (Å²) in [5.74, 6) is 0.397. The zero-order valence-electron chi connectivity index (χ0n) is 15.2. The molecule has 4 rings (SSSR count). The molecule has 1 aromatic carbocycles. The van der Waals surface area contributed by atoms with E-state index in [0.29, 0.717) is 30.9 Å². The second-order valence-corrected chi connectivity index (χ2v) is 6.64. The average molecular weight is 376 g/mol. The Labute approximate surface area is 162 Å². The van der Waals surface area contributed by atoms with Gasteiger partial charge in [0.1, 0.15) is 18.7 Å². The van der Waals surface area contributed by atoms with E-state index in [0.717, 1.165) is 12.0 Å². The van der Waals surface area contributed by atoms with Crippen molar-refractivity contribution in [1.82, 2.24) is 24.6 Å². The van der Waals surface area contributed by atoms with Crippen LogP contribution in [0.3, 0.4) is 0 Å². The minimum Gasteiger partial charge on any atom is -0.330 e. The highest BCUT2D eigenvalue weighted by Gasteiger charge is 2.33. The highest BCUT2D eigenvalue weighted by Crippen LogP contribution is 2.21. The van der Waals surface area contributed by atoms with Crippen LogP contribution in [0.5, 0.6) is 0 Å². The summed E-state index contributed by atoms with van der Waals surface area (Å²) in [4.78, 5) is 35.2. The van der Waals surface area contributed by atoms with E-state index < -0.39 is 6.04 Å². The lowest BCUT2D eigenvalue weighted by atomic mass is 10.1. The maximum Gasteiger partial charge on any atom is 0.247 e. The van der Waals surface area contributed by atoms with Gasteiger partial charge in [0, 0.05) is 6.54 Å². The molecule has 1 aliphatic rings. The maximum atomic E-state index is 12.7. The van der Waals surface area contributed by atoms with Crippen molar-refractivity contribution in [3.63, 3.8) is 0 Å². The zero-order chi connectivity index (χ0) is 19.3. The second-order valence-electron chi connectivity index (χ2n) is 6.64. The quantitative estimate of drug-likeness (QED) is 0.733. The second kappa shape index (κ2) is 7.99. The van der Waals surface area contributed by atoms with Crippen LogP contribution in [0, 0.1) is 0 Å². The van der Waals surface area contributed by atoms with E-state index in [2.05, 4.69) is 20.4 Å². The Hall–Kier alpha value is -3.55. The fourth-order valence-corrected chi connectivity index (χ4v) is 3.36. The molecule has 3 aromatic rings. The number of rotatable bonds is 5. The van der Waals surface area contributed by atoms with Crippen LogP contribution in [0.4, 0.5) is 5.69 Å². The molecule has 28 heavy (non-hydrogen) atoms. The number of anilines is 1. The maximum absolute atomic E-state index is 12.7. The number of aromatic nitrogens is 4. The van der Waals surface area contributed by atoms with Crippen LogP contribution in [0.2, 0.25) is 0 Å². The largest absolute Gasteiger partial charge is 0.330 e. The smallest absolute Gasteiger partial charge is 0.247 e. The summed E-state index contributed by atoms with van der Waals surface area (Å²) in [6.45, 7) is 0.604. The number of nitrogens with one attached hydrogen (secondary N) is 1. The van der Waals surface area contributed by atoms with Crippen LogP contribution in [0.15, 0.2) is 61.3 Å². The molecular formula is C20H20N6O2. The van der Waals surface area contributed by atoms with E-state index in [4.69, 9.17) is 0 Å². The highest BCUT2D eigenvalue weighted by molar-refractivity contribution is 5.97. The summed E-state index contributed by atoms with van der Waals surface area (Å²) in [5.41, 5.74) is 1.53. The van der Waals surface area contributed by atoms with Gasteiger partial charge in [0.25, 0.3) is 0 Å². The first-order chi connectivity index (χ1) is 13.7. The van der Waals surface area contributed by atoms with E-state index in [-0.39, 0.29) is 11.8 Å². The molecule has 1 atom stereocenters. The number of carbonyl (C=O) groups excluding carboxylic acids is 2. The zero-order valence-corrected chi connectivity index (χ0v) is 15.2. The molecule has 8 heteroatoms. The van der Waals surface area contributed by atoms with Crippen LogP contribution < -0.4 is 5.32 Å². The number of carbonyl (C=O) groups is 2. The highest BCUT2D eigenvalue weighted by atomic mass is 16.2. The molecule has 1 saturated heterocycles. The lowest BCUT2D eigenvalue weighted by Crippen LogP contribution is -2.43.